The van der Waals surface area contributed by atoms with Crippen molar-refractivity contribution in [3.05, 3.63) is 89.3 Å². The number of halogens is 2. The molecule has 0 bridgehead atoms. The first-order valence-electron chi connectivity index (χ1n) is 9.68. The maximum atomic E-state index is 13.3. The highest BCUT2D eigenvalue weighted by Gasteiger charge is 2.35. The molecule has 0 saturated heterocycles. The molecule has 1 unspecified atom stereocenters. The topological polar surface area (TPSA) is 24.1 Å². The summed E-state index contributed by atoms with van der Waals surface area (Å²) in [4.78, 5) is 0. The Morgan fingerprint density at radius 2 is 1.71 bits per heavy atom. The van der Waals surface area contributed by atoms with E-state index in [1.807, 2.05) is 7.05 Å². The van der Waals surface area contributed by atoms with E-state index in [9.17, 15) is 8.78 Å². The zero-order valence-electron chi connectivity index (χ0n) is 16.7. The van der Waals surface area contributed by atoms with Crippen molar-refractivity contribution in [2.24, 2.45) is 5.41 Å². The van der Waals surface area contributed by atoms with Crippen LogP contribution in [0.5, 0.6) is 0 Å². The lowest BCUT2D eigenvalue weighted by atomic mass is 9.84. The summed E-state index contributed by atoms with van der Waals surface area (Å²) in [6.45, 7) is 10.5. The molecule has 4 heteroatoms. The van der Waals surface area contributed by atoms with E-state index in [1.54, 1.807) is 0 Å². The maximum absolute atomic E-state index is 13.3. The van der Waals surface area contributed by atoms with E-state index < -0.39 is 11.6 Å². The van der Waals surface area contributed by atoms with Crippen molar-refractivity contribution in [2.75, 3.05) is 12.4 Å². The summed E-state index contributed by atoms with van der Waals surface area (Å²) in [5.74, 6) is -1.06. The molecule has 0 fully saturated rings. The first-order valence-corrected chi connectivity index (χ1v) is 9.68. The van der Waals surface area contributed by atoms with Crippen molar-refractivity contribution >= 4 is 5.69 Å². The van der Waals surface area contributed by atoms with Gasteiger partial charge < -0.3 is 10.6 Å². The molecule has 3 rings (SSSR count). The second kappa shape index (κ2) is 8.17. The summed E-state index contributed by atoms with van der Waals surface area (Å²) in [5, 5.41) is 6.57. The summed E-state index contributed by atoms with van der Waals surface area (Å²) in [6.07, 6.45) is 4.09. The Bertz CT molecular complexity index is 883. The van der Waals surface area contributed by atoms with Crippen LogP contribution in [0.25, 0.3) is 0 Å². The van der Waals surface area contributed by atoms with Crippen LogP contribution in [0.1, 0.15) is 36.5 Å². The second-order valence-corrected chi connectivity index (χ2v) is 7.99. The van der Waals surface area contributed by atoms with Crippen LogP contribution in [-0.4, -0.2) is 7.05 Å². The first kappa shape index (κ1) is 20.1. The van der Waals surface area contributed by atoms with Crippen molar-refractivity contribution in [1.29, 1.82) is 0 Å². The average Bonchev–Trinajstić information content (AvgIpc) is 2.97. The molecule has 0 spiro atoms. The normalized spacial score (nSPS) is 17.9. The molecule has 0 heterocycles. The summed E-state index contributed by atoms with van der Waals surface area (Å²) in [7, 11) is 1.92. The molecular formula is C24H28F2N2. The predicted octanol–water partition coefficient (Wildman–Crippen LogP) is 5.75. The van der Waals surface area contributed by atoms with Gasteiger partial charge in [0.1, 0.15) is 11.6 Å². The van der Waals surface area contributed by atoms with Crippen molar-refractivity contribution in [2.45, 2.75) is 39.0 Å². The van der Waals surface area contributed by atoms with E-state index in [0.29, 0.717) is 12.0 Å². The van der Waals surface area contributed by atoms with Crippen LogP contribution in [0, 0.1) is 17.0 Å². The zero-order valence-corrected chi connectivity index (χ0v) is 16.7. The van der Waals surface area contributed by atoms with Crippen LogP contribution in [-0.2, 0) is 19.3 Å². The lowest BCUT2D eigenvalue weighted by Crippen LogP contribution is -2.26. The molecule has 1 aliphatic rings. The van der Waals surface area contributed by atoms with Gasteiger partial charge in [0.05, 0.1) is 0 Å². The summed E-state index contributed by atoms with van der Waals surface area (Å²) >= 11 is 0. The largest absolute Gasteiger partial charge is 0.391 e. The van der Waals surface area contributed by atoms with Gasteiger partial charge in [-0.15, -0.1) is 0 Å². The number of aryl methyl sites for hydroxylation is 1. The van der Waals surface area contributed by atoms with Crippen molar-refractivity contribution < 1.29 is 8.78 Å². The molecule has 1 aliphatic carbocycles. The number of rotatable bonds is 8. The third kappa shape index (κ3) is 4.61. The summed E-state index contributed by atoms with van der Waals surface area (Å²) in [5.41, 5.74) is 6.42. The number of hydrogen-bond donors (Lipinski definition) is 2. The minimum atomic E-state index is -0.530. The Balaban J connectivity index is 1.54. The molecule has 28 heavy (non-hydrogen) atoms. The van der Waals surface area contributed by atoms with Gasteiger partial charge in [0.15, 0.2) is 0 Å². The van der Waals surface area contributed by atoms with Crippen molar-refractivity contribution in [1.82, 2.24) is 5.32 Å². The smallest absolute Gasteiger partial charge is 0.126 e. The summed E-state index contributed by atoms with van der Waals surface area (Å²) in [6, 6.07) is 10.1. The number of hydrogen-bond acceptors (Lipinski definition) is 2. The third-order valence-corrected chi connectivity index (χ3v) is 5.59. The Labute approximate surface area is 166 Å². The van der Waals surface area contributed by atoms with Crippen LogP contribution >= 0.6 is 0 Å². The van der Waals surface area contributed by atoms with E-state index in [-0.39, 0.29) is 5.41 Å². The van der Waals surface area contributed by atoms with Crippen LogP contribution in [0.2, 0.25) is 0 Å². The molecule has 148 valence electrons. The Hall–Kier alpha value is -2.62. The van der Waals surface area contributed by atoms with E-state index in [1.165, 1.54) is 23.3 Å². The monoisotopic (exact) mass is 382 g/mol. The van der Waals surface area contributed by atoms with Gasteiger partial charge in [-0.3, -0.25) is 0 Å². The minimum Gasteiger partial charge on any atom is -0.391 e. The van der Waals surface area contributed by atoms with E-state index in [2.05, 4.69) is 48.9 Å². The molecular weight excluding hydrogens is 354 g/mol. The third-order valence-electron chi connectivity index (χ3n) is 5.59. The number of allylic oxidation sites excluding steroid dienone is 2. The zero-order chi connectivity index (χ0) is 20.3. The fourth-order valence-electron chi connectivity index (χ4n) is 3.99. The number of anilines is 1. The van der Waals surface area contributed by atoms with E-state index in [0.717, 1.165) is 48.8 Å². The molecule has 2 aromatic carbocycles. The van der Waals surface area contributed by atoms with Crippen molar-refractivity contribution in [3.63, 3.8) is 0 Å². The molecule has 0 amide bonds. The molecule has 0 radical (unpaired) electrons. The molecule has 0 saturated carbocycles. The van der Waals surface area contributed by atoms with Gasteiger partial charge in [0.2, 0.25) is 0 Å². The Kier molecular flexibility index (Phi) is 5.87. The van der Waals surface area contributed by atoms with Gasteiger partial charge in [-0.25, -0.2) is 8.78 Å². The number of nitrogens with one attached hydrogen (secondary N) is 2. The fourth-order valence-corrected chi connectivity index (χ4v) is 3.99. The molecule has 2 aromatic rings. The quantitative estimate of drug-likeness (QED) is 0.607. The average molecular weight is 382 g/mol. The van der Waals surface area contributed by atoms with Crippen molar-refractivity contribution in [3.8, 4) is 0 Å². The molecule has 0 aromatic heterocycles. The molecule has 1 atom stereocenters. The first-order chi connectivity index (χ1) is 13.3. The second-order valence-electron chi connectivity index (χ2n) is 7.99. The highest BCUT2D eigenvalue weighted by molar-refractivity contribution is 5.54. The maximum Gasteiger partial charge on any atom is 0.126 e. The summed E-state index contributed by atoms with van der Waals surface area (Å²) < 4.78 is 26.5. The van der Waals surface area contributed by atoms with Gasteiger partial charge >= 0.3 is 0 Å². The Morgan fingerprint density at radius 1 is 1.04 bits per heavy atom. The number of benzene rings is 2. The van der Waals surface area contributed by atoms with Crippen LogP contribution < -0.4 is 10.6 Å². The fraction of sp³-hybridized carbons (Fsp3) is 0.333. The predicted molar refractivity (Wildman–Crippen MR) is 112 cm³/mol. The lowest BCUT2D eigenvalue weighted by molar-refractivity contribution is 0.403. The van der Waals surface area contributed by atoms with E-state index in [4.69, 9.17) is 0 Å². The highest BCUT2D eigenvalue weighted by atomic mass is 19.1. The van der Waals surface area contributed by atoms with Crippen LogP contribution in [0.15, 0.2) is 61.0 Å². The Morgan fingerprint density at radius 3 is 2.39 bits per heavy atom. The molecule has 2 N–H and O–H groups in total. The van der Waals surface area contributed by atoms with E-state index >= 15 is 0 Å². The minimum absolute atomic E-state index is 0.0486. The van der Waals surface area contributed by atoms with Crippen LogP contribution in [0.3, 0.4) is 0 Å². The van der Waals surface area contributed by atoms with Gasteiger partial charge in [0.25, 0.3) is 0 Å². The SMILES string of the molecule is C=C(CCCc1cc(F)cc(F)c1)Nc1ccc2c(c1)CC(C)(C(=C)NC)C2. The van der Waals surface area contributed by atoms with Gasteiger partial charge in [-0.2, -0.15) is 0 Å². The van der Waals surface area contributed by atoms with Gasteiger partial charge in [0, 0.05) is 35.6 Å². The molecule has 2 nitrogen and oxygen atoms in total. The highest BCUT2D eigenvalue weighted by Crippen LogP contribution is 2.41. The molecule has 0 aliphatic heterocycles. The van der Waals surface area contributed by atoms with Crippen LogP contribution in [0.4, 0.5) is 14.5 Å². The number of fused-ring (bicyclic) bond motifs is 1. The van der Waals surface area contributed by atoms with Gasteiger partial charge in [-0.1, -0.05) is 26.1 Å². The van der Waals surface area contributed by atoms with Gasteiger partial charge in [-0.05, 0) is 73.1 Å². The standard InChI is InChI=1S/C24H28F2N2/c1-16(6-5-7-18-10-21(25)13-22(26)11-18)28-23-9-8-19-14-24(3,17(2)27-4)15-20(19)12-23/h8-13,27-28H,1-2,5-7,14-15H2,3-4H3. The lowest BCUT2D eigenvalue weighted by Gasteiger charge is -2.26.